The molecule has 1 aromatic carbocycles. The van der Waals surface area contributed by atoms with Gasteiger partial charge in [0.15, 0.2) is 11.0 Å². The van der Waals surface area contributed by atoms with Crippen LogP contribution in [0.3, 0.4) is 0 Å². The van der Waals surface area contributed by atoms with E-state index in [1.54, 1.807) is 17.3 Å². The molecule has 8 heteroatoms. The van der Waals surface area contributed by atoms with Gasteiger partial charge < -0.3 is 9.80 Å². The number of nitrogens with zero attached hydrogens (tertiary/aromatic N) is 6. The van der Waals surface area contributed by atoms with Crippen molar-refractivity contribution < 1.29 is 4.79 Å². The normalized spacial score (nSPS) is 13.3. The van der Waals surface area contributed by atoms with E-state index in [1.165, 1.54) is 11.8 Å². The predicted molar refractivity (Wildman–Crippen MR) is 119 cm³/mol. The van der Waals surface area contributed by atoms with Crippen molar-refractivity contribution in [1.29, 1.82) is 0 Å². The molecule has 7 nitrogen and oxygen atoms in total. The number of benzene rings is 1. The lowest BCUT2D eigenvalue weighted by molar-refractivity contribution is -0.127. The SMILES string of the molecule is CN(Cc1ccc(N(C)C)cc1)C(=O)CSc1nnc(-c2cccnc2)n1C1CC1. The molecular formula is C22H26N6OS. The first-order valence-electron chi connectivity index (χ1n) is 10.0. The Kier molecular flexibility index (Phi) is 6.03. The standard InChI is InChI=1S/C22H26N6OS/c1-26(2)18-8-6-16(7-9-18)14-27(3)20(29)15-30-22-25-24-21(28(22)19-10-11-19)17-5-4-12-23-13-17/h4-9,12-13,19H,10-11,14-15H2,1-3H3. The third kappa shape index (κ3) is 4.64. The molecule has 1 amide bonds. The van der Waals surface area contributed by atoms with E-state index in [0.29, 0.717) is 18.3 Å². The summed E-state index contributed by atoms with van der Waals surface area (Å²) in [6.45, 7) is 0.587. The Hall–Kier alpha value is -2.87. The monoisotopic (exact) mass is 422 g/mol. The highest BCUT2D eigenvalue weighted by Crippen LogP contribution is 2.40. The molecule has 0 aliphatic heterocycles. The summed E-state index contributed by atoms with van der Waals surface area (Å²) in [7, 11) is 5.87. The maximum absolute atomic E-state index is 12.7. The molecule has 30 heavy (non-hydrogen) atoms. The topological polar surface area (TPSA) is 67.2 Å². The largest absolute Gasteiger partial charge is 0.378 e. The molecule has 0 unspecified atom stereocenters. The van der Waals surface area contributed by atoms with Crippen LogP contribution >= 0.6 is 11.8 Å². The van der Waals surface area contributed by atoms with Gasteiger partial charge in [0.2, 0.25) is 5.91 Å². The molecule has 0 saturated heterocycles. The van der Waals surface area contributed by atoms with Crippen LogP contribution in [0.4, 0.5) is 5.69 Å². The van der Waals surface area contributed by atoms with E-state index in [2.05, 4.69) is 48.9 Å². The minimum atomic E-state index is 0.0740. The lowest BCUT2D eigenvalue weighted by Gasteiger charge is -2.18. The van der Waals surface area contributed by atoms with Crippen LogP contribution in [0, 0.1) is 0 Å². The van der Waals surface area contributed by atoms with Gasteiger partial charge in [-0.1, -0.05) is 23.9 Å². The van der Waals surface area contributed by atoms with Crippen molar-refractivity contribution in [2.24, 2.45) is 0 Å². The highest BCUT2D eigenvalue weighted by atomic mass is 32.2. The van der Waals surface area contributed by atoms with Crippen LogP contribution < -0.4 is 4.90 Å². The van der Waals surface area contributed by atoms with Crippen molar-refractivity contribution in [2.75, 3.05) is 31.8 Å². The fourth-order valence-corrected chi connectivity index (χ4v) is 4.17. The summed E-state index contributed by atoms with van der Waals surface area (Å²) in [5.74, 6) is 1.24. The maximum atomic E-state index is 12.7. The minimum Gasteiger partial charge on any atom is -0.378 e. The van der Waals surface area contributed by atoms with Crippen LogP contribution in [0.2, 0.25) is 0 Å². The zero-order valence-corrected chi connectivity index (χ0v) is 18.3. The van der Waals surface area contributed by atoms with E-state index < -0.39 is 0 Å². The molecule has 1 fully saturated rings. The molecule has 1 aliphatic rings. The Labute approximate surface area is 181 Å². The highest BCUT2D eigenvalue weighted by molar-refractivity contribution is 7.99. The van der Waals surface area contributed by atoms with E-state index in [9.17, 15) is 4.79 Å². The summed E-state index contributed by atoms with van der Waals surface area (Å²) in [6.07, 6.45) is 5.79. The molecule has 1 saturated carbocycles. The van der Waals surface area contributed by atoms with Crippen LogP contribution in [-0.4, -0.2) is 57.5 Å². The minimum absolute atomic E-state index is 0.0740. The van der Waals surface area contributed by atoms with Gasteiger partial charge in [0.1, 0.15) is 0 Å². The summed E-state index contributed by atoms with van der Waals surface area (Å²) in [6, 6.07) is 12.6. The lowest BCUT2D eigenvalue weighted by atomic mass is 10.2. The van der Waals surface area contributed by atoms with Gasteiger partial charge in [-0.3, -0.25) is 14.3 Å². The summed E-state index contributed by atoms with van der Waals surface area (Å²) in [5.41, 5.74) is 3.21. The number of aromatic nitrogens is 4. The molecule has 2 heterocycles. The number of anilines is 1. The van der Waals surface area contributed by atoms with E-state index in [1.807, 2.05) is 33.3 Å². The lowest BCUT2D eigenvalue weighted by Crippen LogP contribution is -2.28. The van der Waals surface area contributed by atoms with E-state index in [4.69, 9.17) is 0 Å². The van der Waals surface area contributed by atoms with Gasteiger partial charge in [-0.25, -0.2) is 0 Å². The van der Waals surface area contributed by atoms with Crippen LogP contribution in [0.5, 0.6) is 0 Å². The second-order valence-corrected chi connectivity index (χ2v) is 8.69. The Morgan fingerprint density at radius 1 is 1.13 bits per heavy atom. The third-order valence-electron chi connectivity index (χ3n) is 5.12. The molecule has 2 aromatic heterocycles. The van der Waals surface area contributed by atoms with Crippen molar-refractivity contribution in [3.63, 3.8) is 0 Å². The summed E-state index contributed by atoms with van der Waals surface area (Å²) in [4.78, 5) is 20.7. The molecule has 0 radical (unpaired) electrons. The fraction of sp³-hybridized carbons (Fsp3) is 0.364. The van der Waals surface area contributed by atoms with Crippen molar-refractivity contribution in [3.8, 4) is 11.4 Å². The summed E-state index contributed by atoms with van der Waals surface area (Å²) >= 11 is 1.46. The quantitative estimate of drug-likeness (QED) is 0.518. The molecule has 4 rings (SSSR count). The smallest absolute Gasteiger partial charge is 0.233 e. The van der Waals surface area contributed by atoms with Crippen molar-refractivity contribution in [2.45, 2.75) is 30.6 Å². The Balaban J connectivity index is 1.39. The number of amides is 1. The predicted octanol–water partition coefficient (Wildman–Crippen LogP) is 3.49. The molecule has 3 aromatic rings. The number of thioether (sulfide) groups is 1. The number of rotatable bonds is 8. The second-order valence-electron chi connectivity index (χ2n) is 7.75. The van der Waals surface area contributed by atoms with Gasteiger partial charge in [-0.05, 0) is 42.7 Å². The van der Waals surface area contributed by atoms with Crippen LogP contribution in [0.1, 0.15) is 24.4 Å². The van der Waals surface area contributed by atoms with Gasteiger partial charge in [0, 0.05) is 57.4 Å². The van der Waals surface area contributed by atoms with Gasteiger partial charge in [-0.2, -0.15) is 0 Å². The number of pyridine rings is 1. The van der Waals surface area contributed by atoms with Crippen molar-refractivity contribution in [1.82, 2.24) is 24.6 Å². The molecule has 0 spiro atoms. The summed E-state index contributed by atoms with van der Waals surface area (Å²) < 4.78 is 2.16. The fourth-order valence-electron chi connectivity index (χ4n) is 3.23. The number of carbonyl (C=O) groups is 1. The first-order valence-corrected chi connectivity index (χ1v) is 11.0. The molecule has 0 N–H and O–H groups in total. The van der Waals surface area contributed by atoms with Gasteiger partial charge in [0.05, 0.1) is 5.75 Å². The van der Waals surface area contributed by atoms with Crippen LogP contribution in [0.25, 0.3) is 11.4 Å². The number of carbonyl (C=O) groups excluding carboxylic acids is 1. The first kappa shape index (κ1) is 20.4. The molecular weight excluding hydrogens is 396 g/mol. The average molecular weight is 423 g/mol. The molecule has 0 atom stereocenters. The Morgan fingerprint density at radius 2 is 1.90 bits per heavy atom. The van der Waals surface area contributed by atoms with Crippen molar-refractivity contribution >= 4 is 23.4 Å². The maximum Gasteiger partial charge on any atom is 0.233 e. The Morgan fingerprint density at radius 3 is 2.53 bits per heavy atom. The van der Waals surface area contributed by atoms with Crippen molar-refractivity contribution in [3.05, 3.63) is 54.4 Å². The zero-order chi connectivity index (χ0) is 21.1. The second kappa shape index (κ2) is 8.87. The van der Waals surface area contributed by atoms with Gasteiger partial charge >= 0.3 is 0 Å². The molecule has 156 valence electrons. The Bertz CT molecular complexity index is 998. The highest BCUT2D eigenvalue weighted by Gasteiger charge is 2.30. The van der Waals surface area contributed by atoms with E-state index in [-0.39, 0.29) is 5.91 Å². The van der Waals surface area contributed by atoms with Crippen LogP contribution in [0.15, 0.2) is 53.9 Å². The average Bonchev–Trinajstić information content (AvgIpc) is 3.51. The van der Waals surface area contributed by atoms with Gasteiger partial charge in [0.25, 0.3) is 0 Å². The van der Waals surface area contributed by atoms with Crippen LogP contribution in [-0.2, 0) is 11.3 Å². The third-order valence-corrected chi connectivity index (χ3v) is 6.05. The van der Waals surface area contributed by atoms with Gasteiger partial charge in [-0.15, -0.1) is 10.2 Å². The summed E-state index contributed by atoms with van der Waals surface area (Å²) in [5, 5.41) is 9.55. The van der Waals surface area contributed by atoms with E-state index in [0.717, 1.165) is 40.6 Å². The van der Waals surface area contributed by atoms with E-state index >= 15 is 0 Å². The molecule has 0 bridgehead atoms. The first-order chi connectivity index (χ1) is 14.5. The molecule has 1 aliphatic carbocycles. The number of hydrogen-bond acceptors (Lipinski definition) is 6. The zero-order valence-electron chi connectivity index (χ0n) is 17.5. The number of hydrogen-bond donors (Lipinski definition) is 0.